The predicted molar refractivity (Wildman–Crippen MR) is 72.8 cm³/mol. The van der Waals surface area contributed by atoms with Crippen LogP contribution in [0, 0.1) is 0 Å². The average molecular weight is 297 g/mol. The molecule has 2 N–H and O–H groups in total. The van der Waals surface area contributed by atoms with Gasteiger partial charge in [0, 0.05) is 5.56 Å². The van der Waals surface area contributed by atoms with Crippen LogP contribution in [-0.2, 0) is 5.54 Å². The summed E-state index contributed by atoms with van der Waals surface area (Å²) in [4.78, 5) is 4.29. The van der Waals surface area contributed by atoms with Crippen LogP contribution < -0.4 is 10.5 Å². The van der Waals surface area contributed by atoms with Crippen molar-refractivity contribution >= 4 is 0 Å². The highest BCUT2D eigenvalue weighted by atomic mass is 19.3. The Labute approximate surface area is 121 Å². The first-order valence-electron chi connectivity index (χ1n) is 6.67. The molecule has 0 aliphatic carbocycles. The van der Waals surface area contributed by atoms with Gasteiger partial charge in [-0.1, -0.05) is 19.0 Å². The molecule has 0 spiro atoms. The van der Waals surface area contributed by atoms with Crippen molar-refractivity contribution in [3.05, 3.63) is 30.1 Å². The SMILES string of the molecule is CCC(N)(CC)c1noc(-c2ccc(OC(F)F)cc2)n1. The van der Waals surface area contributed by atoms with E-state index in [0.29, 0.717) is 30.1 Å². The van der Waals surface area contributed by atoms with Gasteiger partial charge in [-0.2, -0.15) is 13.8 Å². The number of halogens is 2. The molecule has 114 valence electrons. The molecule has 0 fully saturated rings. The van der Waals surface area contributed by atoms with Crippen molar-refractivity contribution in [2.45, 2.75) is 38.8 Å². The number of ether oxygens (including phenoxy) is 1. The lowest BCUT2D eigenvalue weighted by atomic mass is 9.93. The molecule has 0 atom stereocenters. The highest BCUT2D eigenvalue weighted by Crippen LogP contribution is 2.27. The predicted octanol–water partition coefficient (Wildman–Crippen LogP) is 3.31. The second-order valence-corrected chi connectivity index (χ2v) is 4.69. The standard InChI is InChI=1S/C14H17F2N3O2/c1-3-14(17,4-2)12-18-11(21-19-12)9-5-7-10(8-6-9)20-13(15)16/h5-8,13H,3-4,17H2,1-2H3. The molecule has 0 saturated carbocycles. The van der Waals surface area contributed by atoms with E-state index in [0.717, 1.165) is 0 Å². The molecule has 21 heavy (non-hydrogen) atoms. The van der Waals surface area contributed by atoms with Crippen molar-refractivity contribution in [2.75, 3.05) is 0 Å². The minimum atomic E-state index is -2.85. The molecule has 0 aliphatic heterocycles. The maximum Gasteiger partial charge on any atom is 0.387 e. The Morgan fingerprint density at radius 1 is 1.24 bits per heavy atom. The number of rotatable bonds is 6. The van der Waals surface area contributed by atoms with E-state index < -0.39 is 12.2 Å². The van der Waals surface area contributed by atoms with Gasteiger partial charge in [-0.15, -0.1) is 0 Å². The average Bonchev–Trinajstić information content (AvgIpc) is 2.97. The van der Waals surface area contributed by atoms with E-state index in [9.17, 15) is 8.78 Å². The maximum absolute atomic E-state index is 12.1. The van der Waals surface area contributed by atoms with Gasteiger partial charge in [0.2, 0.25) is 0 Å². The third kappa shape index (κ3) is 3.36. The minimum absolute atomic E-state index is 0.0729. The van der Waals surface area contributed by atoms with Crippen LogP contribution in [0.25, 0.3) is 11.5 Å². The summed E-state index contributed by atoms with van der Waals surface area (Å²) in [5.41, 5.74) is 6.19. The Kier molecular flexibility index (Phi) is 4.52. The highest BCUT2D eigenvalue weighted by molar-refractivity contribution is 5.54. The number of hydrogen-bond donors (Lipinski definition) is 1. The first-order valence-corrected chi connectivity index (χ1v) is 6.67. The van der Waals surface area contributed by atoms with Crippen LogP contribution in [0.15, 0.2) is 28.8 Å². The van der Waals surface area contributed by atoms with Gasteiger partial charge in [0.15, 0.2) is 5.82 Å². The summed E-state index contributed by atoms with van der Waals surface area (Å²) in [5, 5.41) is 3.91. The van der Waals surface area contributed by atoms with Crippen LogP contribution in [-0.4, -0.2) is 16.8 Å². The first-order chi connectivity index (χ1) is 9.98. The van der Waals surface area contributed by atoms with Crippen LogP contribution in [0.5, 0.6) is 5.75 Å². The van der Waals surface area contributed by atoms with Crippen molar-refractivity contribution in [1.82, 2.24) is 10.1 Å². The van der Waals surface area contributed by atoms with Crippen LogP contribution in [0.4, 0.5) is 8.78 Å². The first kappa shape index (κ1) is 15.4. The van der Waals surface area contributed by atoms with E-state index in [1.54, 1.807) is 12.1 Å². The lowest BCUT2D eigenvalue weighted by molar-refractivity contribution is -0.0498. The van der Waals surface area contributed by atoms with Crippen molar-refractivity contribution in [3.8, 4) is 17.2 Å². The molecule has 0 aliphatic rings. The van der Waals surface area contributed by atoms with E-state index >= 15 is 0 Å². The third-order valence-electron chi connectivity index (χ3n) is 3.46. The summed E-state index contributed by atoms with van der Waals surface area (Å²) in [5.74, 6) is 0.810. The molecule has 0 radical (unpaired) electrons. The van der Waals surface area contributed by atoms with Gasteiger partial charge in [-0.25, -0.2) is 0 Å². The summed E-state index contributed by atoms with van der Waals surface area (Å²) in [7, 11) is 0. The van der Waals surface area contributed by atoms with Gasteiger partial charge in [0.05, 0.1) is 5.54 Å². The van der Waals surface area contributed by atoms with Crippen molar-refractivity contribution in [1.29, 1.82) is 0 Å². The Balaban J connectivity index is 2.21. The van der Waals surface area contributed by atoms with Crippen molar-refractivity contribution < 1.29 is 18.0 Å². The van der Waals surface area contributed by atoms with E-state index in [1.165, 1.54) is 12.1 Å². The monoisotopic (exact) mass is 297 g/mol. The van der Waals surface area contributed by atoms with Crippen molar-refractivity contribution in [3.63, 3.8) is 0 Å². The van der Waals surface area contributed by atoms with Gasteiger partial charge in [0.25, 0.3) is 5.89 Å². The zero-order chi connectivity index (χ0) is 15.5. The Bertz CT molecular complexity index is 580. The topological polar surface area (TPSA) is 74.2 Å². The van der Waals surface area contributed by atoms with Crippen LogP contribution >= 0.6 is 0 Å². The Morgan fingerprint density at radius 2 is 1.86 bits per heavy atom. The Morgan fingerprint density at radius 3 is 2.38 bits per heavy atom. The number of aromatic nitrogens is 2. The van der Waals surface area contributed by atoms with E-state index in [2.05, 4.69) is 14.9 Å². The summed E-state index contributed by atoms with van der Waals surface area (Å²) in [6, 6.07) is 5.98. The van der Waals surface area contributed by atoms with Gasteiger partial charge >= 0.3 is 6.61 Å². The lowest BCUT2D eigenvalue weighted by Gasteiger charge is -2.21. The molecule has 1 aromatic heterocycles. The summed E-state index contributed by atoms with van der Waals surface area (Å²) in [6.45, 7) is 1.06. The summed E-state index contributed by atoms with van der Waals surface area (Å²) in [6.07, 6.45) is 1.37. The van der Waals surface area contributed by atoms with E-state index in [4.69, 9.17) is 10.3 Å². The largest absolute Gasteiger partial charge is 0.435 e. The number of alkyl halides is 2. The smallest absolute Gasteiger partial charge is 0.387 e. The molecule has 1 aromatic carbocycles. The number of nitrogens with zero attached hydrogens (tertiary/aromatic N) is 2. The van der Waals surface area contributed by atoms with Gasteiger partial charge in [0.1, 0.15) is 5.75 Å². The van der Waals surface area contributed by atoms with Crippen LogP contribution in [0.2, 0.25) is 0 Å². The minimum Gasteiger partial charge on any atom is -0.435 e. The fourth-order valence-corrected chi connectivity index (χ4v) is 1.89. The van der Waals surface area contributed by atoms with E-state index in [-0.39, 0.29) is 5.75 Å². The quantitative estimate of drug-likeness (QED) is 0.885. The summed E-state index contributed by atoms with van der Waals surface area (Å²) < 4.78 is 33.6. The third-order valence-corrected chi connectivity index (χ3v) is 3.46. The molecule has 0 amide bonds. The number of nitrogens with two attached hydrogens (primary N) is 1. The molecule has 0 bridgehead atoms. The Hall–Kier alpha value is -2.02. The van der Waals surface area contributed by atoms with Crippen molar-refractivity contribution in [2.24, 2.45) is 5.73 Å². The molecule has 5 nitrogen and oxygen atoms in total. The maximum atomic E-state index is 12.1. The molecule has 0 saturated heterocycles. The highest BCUT2D eigenvalue weighted by Gasteiger charge is 2.29. The van der Waals surface area contributed by atoms with Gasteiger partial charge < -0.3 is 15.0 Å². The molecular formula is C14H17F2N3O2. The molecule has 0 unspecified atom stereocenters. The second-order valence-electron chi connectivity index (χ2n) is 4.69. The number of hydrogen-bond acceptors (Lipinski definition) is 5. The van der Waals surface area contributed by atoms with Crippen LogP contribution in [0.1, 0.15) is 32.5 Å². The second kappa shape index (κ2) is 6.17. The molecule has 2 aromatic rings. The molecule has 1 heterocycles. The summed E-state index contributed by atoms with van der Waals surface area (Å²) >= 11 is 0. The molecule has 7 heteroatoms. The zero-order valence-electron chi connectivity index (χ0n) is 11.8. The van der Waals surface area contributed by atoms with Crippen LogP contribution in [0.3, 0.4) is 0 Å². The molecular weight excluding hydrogens is 280 g/mol. The normalized spacial score (nSPS) is 11.9. The lowest BCUT2D eigenvalue weighted by Crippen LogP contribution is -2.36. The molecule has 2 rings (SSSR count). The fraction of sp³-hybridized carbons (Fsp3) is 0.429. The zero-order valence-corrected chi connectivity index (χ0v) is 11.8. The fourth-order valence-electron chi connectivity index (χ4n) is 1.89. The van der Waals surface area contributed by atoms with E-state index in [1.807, 2.05) is 13.8 Å². The van der Waals surface area contributed by atoms with Gasteiger partial charge in [-0.05, 0) is 37.1 Å². The number of benzene rings is 1. The van der Waals surface area contributed by atoms with Gasteiger partial charge in [-0.3, -0.25) is 0 Å².